The second-order valence-electron chi connectivity index (χ2n) is 2.78. The van der Waals surface area contributed by atoms with Crippen LogP contribution in [0.5, 0.6) is 0 Å². The van der Waals surface area contributed by atoms with Crippen molar-refractivity contribution in [2.24, 2.45) is 4.36 Å². The minimum absolute atomic E-state index is 0.0697. The highest BCUT2D eigenvalue weighted by molar-refractivity contribution is 7.92. The molecule has 0 unspecified atom stereocenters. The van der Waals surface area contributed by atoms with E-state index in [2.05, 4.69) is 19.9 Å². The van der Waals surface area contributed by atoms with Crippen molar-refractivity contribution in [1.82, 2.24) is 15.5 Å². The summed E-state index contributed by atoms with van der Waals surface area (Å²) in [6, 6.07) is 0.0697. The molecule has 0 aliphatic heterocycles. The first-order valence-electron chi connectivity index (χ1n) is 3.65. The van der Waals surface area contributed by atoms with Gasteiger partial charge in [-0.1, -0.05) is 5.10 Å². The molecule has 0 bridgehead atoms. The van der Waals surface area contributed by atoms with E-state index in [9.17, 15) is 4.21 Å². The van der Waals surface area contributed by atoms with E-state index in [1.54, 1.807) is 7.05 Å². The highest BCUT2D eigenvalue weighted by Gasteiger charge is 2.04. The van der Waals surface area contributed by atoms with E-state index in [1.807, 2.05) is 0 Å². The molecule has 1 rings (SSSR count). The van der Waals surface area contributed by atoms with Crippen LogP contribution in [0.1, 0.15) is 5.89 Å². The standard InChI is InChI=1S/C6H12N4O2S/c1-7-4-5-8-9-6(12-5)10-13(2,3)11/h7H,4H2,1-3H3. The Bertz CT molecular complexity index is 383. The van der Waals surface area contributed by atoms with E-state index in [0.717, 1.165) is 0 Å². The Hall–Kier alpha value is -0.950. The summed E-state index contributed by atoms with van der Waals surface area (Å²) >= 11 is 0. The summed E-state index contributed by atoms with van der Waals surface area (Å²) in [4.78, 5) is 0. The molecule has 0 saturated carbocycles. The monoisotopic (exact) mass is 204 g/mol. The molecule has 74 valence electrons. The molecule has 0 radical (unpaired) electrons. The smallest absolute Gasteiger partial charge is 0.350 e. The third kappa shape index (κ3) is 3.51. The number of hydrogen-bond donors (Lipinski definition) is 1. The van der Waals surface area contributed by atoms with Crippen molar-refractivity contribution in [3.8, 4) is 0 Å². The van der Waals surface area contributed by atoms with Gasteiger partial charge in [0.15, 0.2) is 0 Å². The number of hydrogen-bond acceptors (Lipinski definition) is 6. The number of nitrogens with one attached hydrogen (secondary N) is 1. The van der Waals surface area contributed by atoms with Gasteiger partial charge in [-0.05, 0) is 7.05 Å². The Labute approximate surface area is 76.9 Å². The van der Waals surface area contributed by atoms with E-state index in [0.29, 0.717) is 12.4 Å². The van der Waals surface area contributed by atoms with Crippen molar-refractivity contribution < 1.29 is 8.63 Å². The predicted octanol–water partition coefficient (Wildman–Crippen LogP) is 0.148. The topological polar surface area (TPSA) is 80.4 Å². The van der Waals surface area contributed by atoms with Gasteiger partial charge in [-0.25, -0.2) is 4.21 Å². The fraction of sp³-hybridized carbons (Fsp3) is 0.667. The van der Waals surface area contributed by atoms with Crippen molar-refractivity contribution in [3.63, 3.8) is 0 Å². The van der Waals surface area contributed by atoms with E-state index >= 15 is 0 Å². The maximum absolute atomic E-state index is 11.2. The van der Waals surface area contributed by atoms with Gasteiger partial charge in [0, 0.05) is 12.5 Å². The molecule has 0 saturated heterocycles. The molecule has 0 fully saturated rings. The summed E-state index contributed by atoms with van der Waals surface area (Å²) in [6.45, 7) is 0.483. The van der Waals surface area contributed by atoms with Crippen molar-refractivity contribution in [1.29, 1.82) is 0 Å². The first-order valence-corrected chi connectivity index (χ1v) is 5.98. The van der Waals surface area contributed by atoms with Crippen LogP contribution in [0.3, 0.4) is 0 Å². The summed E-state index contributed by atoms with van der Waals surface area (Å²) in [5.74, 6) is 0.435. The molecule has 13 heavy (non-hydrogen) atoms. The molecule has 0 amide bonds. The SMILES string of the molecule is CNCc1nnc(N=S(C)(C)=O)o1. The van der Waals surface area contributed by atoms with Crippen LogP contribution in [0.25, 0.3) is 0 Å². The quantitative estimate of drug-likeness (QED) is 0.758. The molecule has 1 heterocycles. The summed E-state index contributed by atoms with van der Waals surface area (Å²) in [5.41, 5.74) is 0. The van der Waals surface area contributed by atoms with Crippen LogP contribution < -0.4 is 5.32 Å². The van der Waals surface area contributed by atoms with Crippen molar-refractivity contribution >= 4 is 15.7 Å². The molecule has 0 atom stereocenters. The Morgan fingerprint density at radius 1 is 1.54 bits per heavy atom. The van der Waals surface area contributed by atoms with E-state index in [-0.39, 0.29) is 6.01 Å². The van der Waals surface area contributed by atoms with Crippen LogP contribution in [0, 0.1) is 0 Å². The van der Waals surface area contributed by atoms with Crippen LogP contribution in [0.2, 0.25) is 0 Å². The fourth-order valence-electron chi connectivity index (χ4n) is 0.692. The lowest BCUT2D eigenvalue weighted by atomic mass is 10.6. The summed E-state index contributed by atoms with van der Waals surface area (Å²) in [7, 11) is -0.453. The Kier molecular flexibility index (Phi) is 2.99. The van der Waals surface area contributed by atoms with E-state index in [4.69, 9.17) is 4.42 Å². The third-order valence-electron chi connectivity index (χ3n) is 1.08. The Morgan fingerprint density at radius 3 is 2.77 bits per heavy atom. The molecular formula is C6H12N4O2S. The van der Waals surface area contributed by atoms with Crippen molar-refractivity contribution in [2.75, 3.05) is 19.6 Å². The zero-order chi connectivity index (χ0) is 9.90. The third-order valence-corrected chi connectivity index (χ3v) is 1.68. The lowest BCUT2D eigenvalue weighted by molar-refractivity contribution is 0.488. The molecule has 1 aromatic heterocycles. The molecule has 1 aromatic rings. The van der Waals surface area contributed by atoms with Gasteiger partial charge >= 0.3 is 6.01 Å². The van der Waals surface area contributed by atoms with Gasteiger partial charge in [-0.15, -0.1) is 9.46 Å². The van der Waals surface area contributed by atoms with Crippen LogP contribution in [-0.4, -0.2) is 34.0 Å². The lowest BCUT2D eigenvalue weighted by Gasteiger charge is -1.89. The van der Waals surface area contributed by atoms with Gasteiger partial charge in [-0.2, -0.15) is 0 Å². The highest BCUT2D eigenvalue weighted by Crippen LogP contribution is 2.10. The van der Waals surface area contributed by atoms with Gasteiger partial charge in [0.25, 0.3) is 0 Å². The van der Waals surface area contributed by atoms with Gasteiger partial charge in [0.1, 0.15) is 0 Å². The van der Waals surface area contributed by atoms with Crippen LogP contribution in [-0.2, 0) is 16.3 Å². The minimum atomic E-state index is -2.22. The van der Waals surface area contributed by atoms with Crippen LogP contribution in [0.4, 0.5) is 6.01 Å². The second kappa shape index (κ2) is 3.84. The number of aromatic nitrogens is 2. The zero-order valence-corrected chi connectivity index (χ0v) is 8.59. The lowest BCUT2D eigenvalue weighted by Crippen LogP contribution is -2.04. The maximum atomic E-state index is 11.2. The Balaban J connectivity index is 2.87. The summed E-state index contributed by atoms with van der Waals surface area (Å²) in [6.07, 6.45) is 3.02. The second-order valence-corrected chi connectivity index (χ2v) is 5.33. The van der Waals surface area contributed by atoms with Crippen LogP contribution in [0.15, 0.2) is 8.78 Å². The first kappa shape index (κ1) is 10.1. The number of rotatable bonds is 3. The van der Waals surface area contributed by atoms with Crippen LogP contribution >= 0.6 is 0 Å². The normalized spacial score (nSPS) is 11.6. The highest BCUT2D eigenvalue weighted by atomic mass is 32.2. The van der Waals surface area contributed by atoms with Crippen molar-refractivity contribution in [2.45, 2.75) is 6.54 Å². The maximum Gasteiger partial charge on any atom is 0.350 e. The summed E-state index contributed by atoms with van der Waals surface area (Å²) < 4.78 is 20.0. The predicted molar refractivity (Wildman–Crippen MR) is 49.1 cm³/mol. The molecular weight excluding hydrogens is 192 g/mol. The minimum Gasteiger partial charge on any atom is -0.405 e. The van der Waals surface area contributed by atoms with E-state index in [1.165, 1.54) is 12.5 Å². The Morgan fingerprint density at radius 2 is 2.23 bits per heavy atom. The van der Waals surface area contributed by atoms with Gasteiger partial charge in [-0.3, -0.25) is 0 Å². The average molecular weight is 204 g/mol. The molecule has 0 aromatic carbocycles. The van der Waals surface area contributed by atoms with Gasteiger partial charge in [0.2, 0.25) is 5.89 Å². The zero-order valence-electron chi connectivity index (χ0n) is 7.77. The van der Waals surface area contributed by atoms with E-state index < -0.39 is 9.73 Å². The largest absolute Gasteiger partial charge is 0.405 e. The van der Waals surface area contributed by atoms with Gasteiger partial charge in [0.05, 0.1) is 16.3 Å². The molecule has 0 spiro atoms. The molecule has 7 heteroatoms. The van der Waals surface area contributed by atoms with Gasteiger partial charge < -0.3 is 9.73 Å². The molecule has 6 nitrogen and oxygen atoms in total. The molecule has 0 aliphatic carbocycles. The first-order chi connectivity index (χ1) is 6.01. The molecule has 0 aliphatic rings. The van der Waals surface area contributed by atoms with Crippen molar-refractivity contribution in [3.05, 3.63) is 5.89 Å². The fourth-order valence-corrected chi connectivity index (χ4v) is 1.14. The summed E-state index contributed by atoms with van der Waals surface area (Å²) in [5, 5.41) is 10.2. The average Bonchev–Trinajstić information content (AvgIpc) is 2.33. The molecule has 1 N–H and O–H groups in total. The number of nitrogens with zero attached hydrogens (tertiary/aromatic N) is 3.